The van der Waals surface area contributed by atoms with Gasteiger partial charge in [0, 0.05) is 18.5 Å². The molecule has 0 aliphatic carbocycles. The predicted molar refractivity (Wildman–Crippen MR) is 124 cm³/mol. The first-order chi connectivity index (χ1) is 15.4. The molecule has 1 aromatic carbocycles. The Morgan fingerprint density at radius 1 is 1.22 bits per heavy atom. The minimum Gasteiger partial charge on any atom is -0.473 e. The number of aryl methyl sites for hydroxylation is 3. The van der Waals surface area contributed by atoms with Crippen LogP contribution in [0.2, 0.25) is 0 Å². The van der Waals surface area contributed by atoms with Gasteiger partial charge in [-0.1, -0.05) is 35.6 Å². The Bertz CT molecular complexity index is 1280. The molecule has 1 amide bonds. The lowest BCUT2D eigenvalue weighted by molar-refractivity contribution is -0.123. The molecule has 1 atom stereocenters. The Morgan fingerprint density at radius 2 is 2.00 bits per heavy atom. The number of carbonyl (C=O) groups is 1. The van der Waals surface area contributed by atoms with E-state index in [0.717, 1.165) is 33.5 Å². The zero-order valence-electron chi connectivity index (χ0n) is 18.7. The van der Waals surface area contributed by atoms with Crippen molar-refractivity contribution in [3.8, 4) is 22.5 Å². The summed E-state index contributed by atoms with van der Waals surface area (Å²) in [5.41, 5.74) is 5.29. The van der Waals surface area contributed by atoms with E-state index in [1.165, 1.54) is 11.3 Å². The van der Waals surface area contributed by atoms with Crippen LogP contribution in [0.1, 0.15) is 29.7 Å². The SMILES string of the molecule is COc1nc(-c2nn(C)c3nc(OCC(=O)NC(C)c4ccccc4C)cc(C)c23)cs1. The molecule has 0 aliphatic heterocycles. The maximum Gasteiger partial charge on any atom is 0.273 e. The molecule has 4 aromatic rings. The van der Waals surface area contributed by atoms with Crippen LogP contribution in [-0.2, 0) is 11.8 Å². The Kier molecular flexibility index (Phi) is 6.09. The van der Waals surface area contributed by atoms with Gasteiger partial charge in [-0.05, 0) is 37.5 Å². The van der Waals surface area contributed by atoms with E-state index in [-0.39, 0.29) is 18.6 Å². The van der Waals surface area contributed by atoms with E-state index in [2.05, 4.69) is 20.4 Å². The van der Waals surface area contributed by atoms with Crippen LogP contribution in [-0.4, -0.2) is 39.4 Å². The molecule has 9 heteroatoms. The van der Waals surface area contributed by atoms with Crippen LogP contribution < -0.4 is 14.8 Å². The van der Waals surface area contributed by atoms with Gasteiger partial charge in [0.15, 0.2) is 12.3 Å². The van der Waals surface area contributed by atoms with Gasteiger partial charge >= 0.3 is 0 Å². The fraction of sp³-hybridized carbons (Fsp3) is 0.304. The lowest BCUT2D eigenvalue weighted by Crippen LogP contribution is -2.31. The van der Waals surface area contributed by atoms with Gasteiger partial charge in [0.2, 0.25) is 5.88 Å². The molecule has 0 fully saturated rings. The number of carbonyl (C=O) groups excluding carboxylic acids is 1. The molecule has 0 saturated heterocycles. The fourth-order valence-electron chi connectivity index (χ4n) is 3.69. The van der Waals surface area contributed by atoms with Crippen molar-refractivity contribution < 1.29 is 14.3 Å². The summed E-state index contributed by atoms with van der Waals surface area (Å²) in [6.45, 7) is 5.83. The van der Waals surface area contributed by atoms with Gasteiger partial charge in [0.1, 0.15) is 11.4 Å². The van der Waals surface area contributed by atoms with Gasteiger partial charge in [-0.15, -0.1) is 0 Å². The molecule has 0 radical (unpaired) electrons. The third-order valence-corrected chi connectivity index (χ3v) is 6.05. The topological polar surface area (TPSA) is 91.2 Å². The van der Waals surface area contributed by atoms with Crippen LogP contribution in [0.5, 0.6) is 11.1 Å². The van der Waals surface area contributed by atoms with Crippen molar-refractivity contribution in [1.29, 1.82) is 0 Å². The van der Waals surface area contributed by atoms with Gasteiger partial charge in [-0.2, -0.15) is 10.1 Å². The van der Waals surface area contributed by atoms with Crippen molar-refractivity contribution in [2.75, 3.05) is 13.7 Å². The Morgan fingerprint density at radius 3 is 2.72 bits per heavy atom. The van der Waals surface area contributed by atoms with Crippen LogP contribution >= 0.6 is 11.3 Å². The summed E-state index contributed by atoms with van der Waals surface area (Å²) in [5, 5.41) is 10.9. The summed E-state index contributed by atoms with van der Waals surface area (Å²) in [6.07, 6.45) is 0. The quantitative estimate of drug-likeness (QED) is 0.457. The number of hydrogen-bond acceptors (Lipinski definition) is 7. The van der Waals surface area contributed by atoms with Gasteiger partial charge in [-0.25, -0.2) is 9.67 Å². The molecular weight excluding hydrogens is 426 g/mol. The average Bonchev–Trinajstić information content (AvgIpc) is 3.37. The van der Waals surface area contributed by atoms with Crippen LogP contribution in [0.4, 0.5) is 0 Å². The lowest BCUT2D eigenvalue weighted by Gasteiger charge is -2.16. The highest BCUT2D eigenvalue weighted by Gasteiger charge is 2.19. The van der Waals surface area contributed by atoms with Crippen LogP contribution in [0, 0.1) is 13.8 Å². The molecular formula is C23H25N5O3S. The molecule has 8 nitrogen and oxygen atoms in total. The second-order valence-corrected chi connectivity index (χ2v) is 8.41. The van der Waals surface area contributed by atoms with Crippen molar-refractivity contribution in [3.05, 3.63) is 52.4 Å². The number of thiazole rings is 1. The van der Waals surface area contributed by atoms with E-state index in [0.29, 0.717) is 16.7 Å². The summed E-state index contributed by atoms with van der Waals surface area (Å²) in [4.78, 5) is 21.5. The fourth-order valence-corrected chi connectivity index (χ4v) is 4.31. The van der Waals surface area contributed by atoms with E-state index in [1.807, 2.05) is 63.5 Å². The van der Waals surface area contributed by atoms with Crippen molar-refractivity contribution in [2.45, 2.75) is 26.8 Å². The third kappa shape index (κ3) is 4.29. The van der Waals surface area contributed by atoms with Gasteiger partial charge in [0.25, 0.3) is 11.1 Å². The average molecular weight is 452 g/mol. The summed E-state index contributed by atoms with van der Waals surface area (Å²) in [6, 6.07) is 9.69. The molecule has 0 aliphatic rings. The molecule has 32 heavy (non-hydrogen) atoms. The molecule has 3 heterocycles. The Balaban J connectivity index is 1.50. The minimum atomic E-state index is -0.208. The number of rotatable bonds is 7. The zero-order chi connectivity index (χ0) is 22.8. The summed E-state index contributed by atoms with van der Waals surface area (Å²) in [5.74, 6) is 0.166. The predicted octanol–water partition coefficient (Wildman–Crippen LogP) is 3.97. The first-order valence-corrected chi connectivity index (χ1v) is 11.1. The van der Waals surface area contributed by atoms with Crippen molar-refractivity contribution in [3.63, 3.8) is 0 Å². The number of nitrogens with zero attached hydrogens (tertiary/aromatic N) is 4. The summed E-state index contributed by atoms with van der Waals surface area (Å²) in [7, 11) is 3.41. The maximum absolute atomic E-state index is 12.4. The van der Waals surface area contributed by atoms with Crippen molar-refractivity contribution in [2.24, 2.45) is 7.05 Å². The smallest absolute Gasteiger partial charge is 0.273 e. The number of aromatic nitrogens is 4. The summed E-state index contributed by atoms with van der Waals surface area (Å²) >= 11 is 1.41. The zero-order valence-corrected chi connectivity index (χ0v) is 19.5. The number of fused-ring (bicyclic) bond motifs is 1. The number of amides is 1. The van der Waals surface area contributed by atoms with E-state index in [4.69, 9.17) is 9.47 Å². The van der Waals surface area contributed by atoms with Crippen LogP contribution in [0.15, 0.2) is 35.7 Å². The number of hydrogen-bond donors (Lipinski definition) is 1. The minimum absolute atomic E-state index is 0.112. The normalized spacial score (nSPS) is 12.0. The number of pyridine rings is 1. The van der Waals surface area contributed by atoms with E-state index in [1.54, 1.807) is 11.8 Å². The molecule has 0 bridgehead atoms. The molecule has 166 valence electrons. The van der Waals surface area contributed by atoms with Gasteiger partial charge in [-0.3, -0.25) is 4.79 Å². The number of methoxy groups -OCH3 is 1. The number of ether oxygens (including phenoxy) is 2. The van der Waals surface area contributed by atoms with Crippen LogP contribution in [0.25, 0.3) is 22.4 Å². The molecule has 4 rings (SSSR count). The summed E-state index contributed by atoms with van der Waals surface area (Å²) < 4.78 is 12.6. The number of nitrogens with one attached hydrogen (secondary N) is 1. The largest absolute Gasteiger partial charge is 0.473 e. The highest BCUT2D eigenvalue weighted by Crippen LogP contribution is 2.33. The monoisotopic (exact) mass is 451 g/mol. The van der Waals surface area contributed by atoms with Crippen LogP contribution in [0.3, 0.4) is 0 Å². The van der Waals surface area contributed by atoms with Crippen molar-refractivity contribution in [1.82, 2.24) is 25.1 Å². The van der Waals surface area contributed by atoms with Gasteiger partial charge in [0.05, 0.1) is 18.5 Å². The van der Waals surface area contributed by atoms with E-state index >= 15 is 0 Å². The molecule has 1 N–H and O–H groups in total. The third-order valence-electron chi connectivity index (χ3n) is 5.25. The highest BCUT2D eigenvalue weighted by atomic mass is 32.1. The second kappa shape index (κ2) is 8.96. The maximum atomic E-state index is 12.4. The molecule has 3 aromatic heterocycles. The molecule has 0 spiro atoms. The Hall–Kier alpha value is -3.46. The first kappa shape index (κ1) is 21.8. The first-order valence-electron chi connectivity index (χ1n) is 10.2. The van der Waals surface area contributed by atoms with Crippen molar-refractivity contribution >= 4 is 28.3 Å². The lowest BCUT2D eigenvalue weighted by atomic mass is 10.0. The number of benzene rings is 1. The highest BCUT2D eigenvalue weighted by molar-refractivity contribution is 7.11. The second-order valence-electron chi connectivity index (χ2n) is 7.59. The standard InChI is InChI=1S/C23H25N5O3S/c1-13-8-6-7-9-16(13)15(3)24-18(29)11-31-19-10-14(2)20-21(27-28(4)22(20)26-19)17-12-32-23(25-17)30-5/h6-10,12,15H,11H2,1-5H3,(H,24,29). The van der Waals surface area contributed by atoms with E-state index < -0.39 is 0 Å². The molecule has 0 saturated carbocycles. The van der Waals surface area contributed by atoms with Gasteiger partial charge < -0.3 is 14.8 Å². The Labute approximate surface area is 190 Å². The molecule has 1 unspecified atom stereocenters. The van der Waals surface area contributed by atoms with E-state index in [9.17, 15) is 4.79 Å².